The number of hydrogen-bond donors (Lipinski definition) is 2. The van der Waals surface area contributed by atoms with Crippen molar-refractivity contribution in [1.29, 1.82) is 0 Å². The quantitative estimate of drug-likeness (QED) is 0.890. The fraction of sp³-hybridized carbons (Fsp3) is 0.312. The van der Waals surface area contributed by atoms with E-state index in [1.165, 1.54) is 12.1 Å². The second kappa shape index (κ2) is 5.77. The van der Waals surface area contributed by atoms with E-state index in [4.69, 9.17) is 5.11 Å². The van der Waals surface area contributed by atoms with E-state index in [0.29, 0.717) is 12.8 Å². The maximum Gasteiger partial charge on any atom is 0.416 e. The first-order chi connectivity index (χ1) is 11.3. The molecule has 24 heavy (non-hydrogen) atoms. The van der Waals surface area contributed by atoms with Crippen LogP contribution in [-0.2, 0) is 11.7 Å². The summed E-state index contributed by atoms with van der Waals surface area (Å²) >= 11 is 0. The van der Waals surface area contributed by atoms with E-state index in [9.17, 15) is 18.0 Å². The minimum atomic E-state index is -4.45. The lowest BCUT2D eigenvalue weighted by Crippen LogP contribution is -2.44. The number of aromatic carboxylic acids is 1. The fourth-order valence-electron chi connectivity index (χ4n) is 2.86. The van der Waals surface area contributed by atoms with E-state index >= 15 is 0 Å². The SMILES string of the molecule is O=C(O)c1cnc(NC2(c3ccccc3C(F)(F)F)CCC2)nc1. The van der Waals surface area contributed by atoms with Gasteiger partial charge in [-0.05, 0) is 30.9 Å². The number of halogens is 3. The van der Waals surface area contributed by atoms with E-state index in [1.807, 2.05) is 0 Å². The van der Waals surface area contributed by atoms with Crippen LogP contribution < -0.4 is 5.32 Å². The Morgan fingerprint density at radius 1 is 1.17 bits per heavy atom. The fourth-order valence-corrected chi connectivity index (χ4v) is 2.86. The van der Waals surface area contributed by atoms with Crippen LogP contribution in [0.15, 0.2) is 36.7 Å². The molecule has 1 aromatic carbocycles. The number of carbonyl (C=O) groups is 1. The smallest absolute Gasteiger partial charge is 0.416 e. The molecule has 0 amide bonds. The number of aromatic nitrogens is 2. The monoisotopic (exact) mass is 337 g/mol. The lowest BCUT2D eigenvalue weighted by Gasteiger charge is -2.44. The van der Waals surface area contributed by atoms with Crippen LogP contribution in [0.25, 0.3) is 0 Å². The number of nitrogens with one attached hydrogen (secondary N) is 1. The molecule has 1 aromatic heterocycles. The van der Waals surface area contributed by atoms with Gasteiger partial charge in [-0.1, -0.05) is 18.2 Å². The van der Waals surface area contributed by atoms with Gasteiger partial charge >= 0.3 is 12.1 Å². The summed E-state index contributed by atoms with van der Waals surface area (Å²) in [5, 5.41) is 11.8. The normalized spacial score (nSPS) is 16.3. The number of benzene rings is 1. The van der Waals surface area contributed by atoms with E-state index < -0.39 is 23.2 Å². The van der Waals surface area contributed by atoms with E-state index in [2.05, 4.69) is 15.3 Å². The Morgan fingerprint density at radius 3 is 2.29 bits per heavy atom. The third-order valence-electron chi connectivity index (χ3n) is 4.21. The van der Waals surface area contributed by atoms with Gasteiger partial charge in [0.2, 0.25) is 5.95 Å². The van der Waals surface area contributed by atoms with Gasteiger partial charge in [-0.2, -0.15) is 13.2 Å². The molecule has 2 aromatic rings. The van der Waals surface area contributed by atoms with E-state index in [1.54, 1.807) is 6.07 Å². The molecule has 1 aliphatic carbocycles. The molecule has 5 nitrogen and oxygen atoms in total. The van der Waals surface area contributed by atoms with Crippen LogP contribution in [0.5, 0.6) is 0 Å². The number of rotatable bonds is 4. The summed E-state index contributed by atoms with van der Waals surface area (Å²) in [5.74, 6) is -1.06. The average Bonchev–Trinajstić information content (AvgIpc) is 2.50. The second-order valence-corrected chi connectivity index (χ2v) is 5.70. The van der Waals surface area contributed by atoms with Crippen LogP contribution in [0.1, 0.15) is 40.7 Å². The van der Waals surface area contributed by atoms with Crippen molar-refractivity contribution < 1.29 is 23.1 Å². The van der Waals surface area contributed by atoms with Crippen LogP contribution in [-0.4, -0.2) is 21.0 Å². The van der Waals surface area contributed by atoms with Crippen LogP contribution in [0.4, 0.5) is 19.1 Å². The Bertz CT molecular complexity index is 756. The molecule has 3 rings (SSSR count). The molecule has 0 atom stereocenters. The zero-order valence-electron chi connectivity index (χ0n) is 12.5. The summed E-state index contributed by atoms with van der Waals surface area (Å²) in [5.41, 5.74) is -1.50. The minimum absolute atomic E-state index is 0.0844. The van der Waals surface area contributed by atoms with Gasteiger partial charge in [0.1, 0.15) is 0 Å². The molecule has 2 N–H and O–H groups in total. The Morgan fingerprint density at radius 2 is 1.79 bits per heavy atom. The number of carboxylic acid groups (broad SMARTS) is 1. The number of alkyl halides is 3. The Balaban J connectivity index is 1.95. The molecular formula is C16H14F3N3O2. The molecule has 1 fully saturated rings. The van der Waals surface area contributed by atoms with Crippen molar-refractivity contribution in [3.8, 4) is 0 Å². The van der Waals surface area contributed by atoms with Gasteiger partial charge in [-0.15, -0.1) is 0 Å². The van der Waals surface area contributed by atoms with Crippen LogP contribution in [0.3, 0.4) is 0 Å². The van der Waals surface area contributed by atoms with Gasteiger partial charge in [-0.25, -0.2) is 14.8 Å². The number of carboxylic acids is 1. The van der Waals surface area contributed by atoms with Crippen molar-refractivity contribution in [1.82, 2.24) is 9.97 Å². The summed E-state index contributed by atoms with van der Waals surface area (Å²) in [7, 11) is 0. The maximum absolute atomic E-state index is 13.3. The highest BCUT2D eigenvalue weighted by Gasteiger charge is 2.45. The molecular weight excluding hydrogens is 323 g/mol. The van der Waals surface area contributed by atoms with Crippen molar-refractivity contribution >= 4 is 11.9 Å². The lowest BCUT2D eigenvalue weighted by molar-refractivity contribution is -0.139. The number of hydrogen-bond acceptors (Lipinski definition) is 4. The van der Waals surface area contributed by atoms with Gasteiger partial charge < -0.3 is 10.4 Å². The highest BCUT2D eigenvalue weighted by atomic mass is 19.4. The third-order valence-corrected chi connectivity index (χ3v) is 4.21. The maximum atomic E-state index is 13.3. The standard InChI is InChI=1S/C16H14F3N3O2/c17-16(18,19)12-5-2-1-4-11(12)15(6-3-7-15)22-14-20-8-10(9-21-14)13(23)24/h1-2,4-5,8-9H,3,6-7H2,(H,23,24)(H,20,21,22). The number of nitrogens with zero attached hydrogens (tertiary/aromatic N) is 2. The summed E-state index contributed by atoms with van der Waals surface area (Å²) in [6, 6.07) is 5.45. The first-order valence-electron chi connectivity index (χ1n) is 7.32. The highest BCUT2D eigenvalue weighted by Crippen LogP contribution is 2.47. The first-order valence-corrected chi connectivity index (χ1v) is 7.32. The predicted octanol–water partition coefficient (Wildman–Crippen LogP) is 3.68. The molecule has 0 aliphatic heterocycles. The molecule has 1 heterocycles. The van der Waals surface area contributed by atoms with Crippen molar-refractivity contribution in [2.75, 3.05) is 5.32 Å². The second-order valence-electron chi connectivity index (χ2n) is 5.70. The molecule has 0 radical (unpaired) electrons. The van der Waals surface area contributed by atoms with Crippen LogP contribution >= 0.6 is 0 Å². The summed E-state index contributed by atoms with van der Waals surface area (Å²) < 4.78 is 39.9. The lowest BCUT2D eigenvalue weighted by atomic mass is 9.70. The first kappa shape index (κ1) is 16.2. The Hall–Kier alpha value is -2.64. The predicted molar refractivity (Wildman–Crippen MR) is 79.6 cm³/mol. The van der Waals surface area contributed by atoms with Gasteiger partial charge in [0, 0.05) is 12.4 Å². The summed E-state index contributed by atoms with van der Waals surface area (Å²) in [4.78, 5) is 18.6. The van der Waals surface area contributed by atoms with Gasteiger partial charge in [0.15, 0.2) is 0 Å². The topological polar surface area (TPSA) is 75.1 Å². The molecule has 0 unspecified atom stereocenters. The third kappa shape index (κ3) is 2.91. The molecule has 126 valence electrons. The summed E-state index contributed by atoms with van der Waals surface area (Å²) in [6.45, 7) is 0. The Kier molecular flexibility index (Phi) is 3.90. The minimum Gasteiger partial charge on any atom is -0.478 e. The Labute approximate surface area is 135 Å². The zero-order chi connectivity index (χ0) is 17.4. The van der Waals surface area contributed by atoms with Crippen LogP contribution in [0.2, 0.25) is 0 Å². The molecule has 0 spiro atoms. The summed E-state index contributed by atoms with van der Waals surface area (Å²) in [6.07, 6.45) is -0.380. The molecule has 8 heteroatoms. The van der Waals surface area contributed by atoms with Crippen molar-refractivity contribution in [3.63, 3.8) is 0 Å². The van der Waals surface area contributed by atoms with Gasteiger partial charge in [0.25, 0.3) is 0 Å². The van der Waals surface area contributed by atoms with E-state index in [-0.39, 0.29) is 17.1 Å². The van der Waals surface area contributed by atoms with E-state index in [0.717, 1.165) is 24.9 Å². The molecule has 0 saturated heterocycles. The largest absolute Gasteiger partial charge is 0.478 e. The molecule has 0 bridgehead atoms. The van der Waals surface area contributed by atoms with Crippen molar-refractivity contribution in [2.45, 2.75) is 31.0 Å². The van der Waals surface area contributed by atoms with Crippen molar-refractivity contribution in [2.24, 2.45) is 0 Å². The highest BCUT2D eigenvalue weighted by molar-refractivity contribution is 5.86. The van der Waals surface area contributed by atoms with Crippen LogP contribution in [0, 0.1) is 0 Å². The zero-order valence-corrected chi connectivity index (χ0v) is 12.5. The number of anilines is 1. The average molecular weight is 337 g/mol. The van der Waals surface area contributed by atoms with Crippen molar-refractivity contribution in [3.05, 3.63) is 53.3 Å². The van der Waals surface area contributed by atoms with Gasteiger partial charge in [0.05, 0.1) is 16.7 Å². The van der Waals surface area contributed by atoms with Gasteiger partial charge in [-0.3, -0.25) is 0 Å². The molecule has 1 saturated carbocycles. The molecule has 1 aliphatic rings.